The molecule has 0 bridgehead atoms. The van der Waals surface area contributed by atoms with Crippen LogP contribution in [0.3, 0.4) is 0 Å². The molecule has 0 radical (unpaired) electrons. The minimum atomic E-state index is -1.65. The second kappa shape index (κ2) is 6.70. The van der Waals surface area contributed by atoms with E-state index in [1.165, 1.54) is 5.56 Å². The van der Waals surface area contributed by atoms with E-state index in [1.54, 1.807) is 0 Å². The lowest BCUT2D eigenvalue weighted by Crippen LogP contribution is -2.16. The molecule has 1 rings (SSSR count). The summed E-state index contributed by atoms with van der Waals surface area (Å²) in [4.78, 5) is 0. The summed E-state index contributed by atoms with van der Waals surface area (Å²) in [6.45, 7) is 1.60. The molecule has 1 atom stereocenters. The van der Waals surface area contributed by atoms with Gasteiger partial charge in [-0.1, -0.05) is 30.3 Å². The lowest BCUT2D eigenvalue weighted by atomic mass is 10.2. The van der Waals surface area contributed by atoms with Gasteiger partial charge in [0.15, 0.2) is 11.1 Å². The van der Waals surface area contributed by atoms with Gasteiger partial charge >= 0.3 is 0 Å². The number of rotatable bonds is 6. The lowest BCUT2D eigenvalue weighted by molar-refractivity contribution is 0.558. The van der Waals surface area contributed by atoms with Crippen LogP contribution < -0.4 is 5.32 Å². The van der Waals surface area contributed by atoms with Crippen molar-refractivity contribution in [2.24, 2.45) is 0 Å². The molecule has 0 aromatic heterocycles. The van der Waals surface area contributed by atoms with Gasteiger partial charge in [0.2, 0.25) is 0 Å². The molecule has 1 aromatic carbocycles. The van der Waals surface area contributed by atoms with E-state index in [-0.39, 0.29) is 0 Å². The molecule has 0 fully saturated rings. The van der Waals surface area contributed by atoms with E-state index in [2.05, 4.69) is 17.4 Å². The highest BCUT2D eigenvalue weighted by molar-refractivity contribution is 7.79. The fourth-order valence-electron chi connectivity index (χ4n) is 1.15. The predicted octanol–water partition coefficient (Wildman–Crippen LogP) is 1.39. The molecule has 1 unspecified atom stereocenters. The molecule has 0 aliphatic heterocycles. The molecule has 0 heterocycles. The highest BCUT2D eigenvalue weighted by Crippen LogP contribution is 1.96. The second-order valence-corrected chi connectivity index (χ2v) is 4.09. The van der Waals surface area contributed by atoms with E-state index in [1.807, 2.05) is 18.2 Å². The Morgan fingerprint density at radius 3 is 2.64 bits per heavy atom. The van der Waals surface area contributed by atoms with Crippen molar-refractivity contribution in [3.63, 3.8) is 0 Å². The van der Waals surface area contributed by atoms with Gasteiger partial charge in [0, 0.05) is 6.54 Å². The summed E-state index contributed by atoms with van der Waals surface area (Å²) >= 11 is -1.65. The van der Waals surface area contributed by atoms with Crippen LogP contribution in [-0.4, -0.2) is 21.1 Å². The van der Waals surface area contributed by atoms with E-state index in [0.29, 0.717) is 5.75 Å². The standard InChI is InChI=1S/C10H15NO2S/c12-14(13)8-4-7-11-9-10-5-2-1-3-6-10/h1-3,5-6,11H,4,7-9H2,(H,12,13). The predicted molar refractivity (Wildman–Crippen MR) is 58.4 cm³/mol. The summed E-state index contributed by atoms with van der Waals surface area (Å²) < 4.78 is 18.8. The van der Waals surface area contributed by atoms with Crippen molar-refractivity contribution in [3.8, 4) is 0 Å². The van der Waals surface area contributed by atoms with Crippen LogP contribution in [0.1, 0.15) is 12.0 Å². The molecular formula is C10H15NO2S. The van der Waals surface area contributed by atoms with E-state index in [9.17, 15) is 4.21 Å². The number of hydrogen-bond acceptors (Lipinski definition) is 2. The van der Waals surface area contributed by atoms with Crippen LogP contribution in [0.25, 0.3) is 0 Å². The number of benzene rings is 1. The van der Waals surface area contributed by atoms with Gasteiger partial charge in [0.25, 0.3) is 0 Å². The third kappa shape index (κ3) is 5.11. The SMILES string of the molecule is O=S(O)CCCNCc1ccccc1. The first-order valence-corrected chi connectivity index (χ1v) is 5.89. The Hall–Kier alpha value is -0.710. The van der Waals surface area contributed by atoms with Gasteiger partial charge < -0.3 is 9.87 Å². The molecule has 0 saturated heterocycles. The van der Waals surface area contributed by atoms with Crippen LogP contribution in [-0.2, 0) is 17.6 Å². The first-order chi connectivity index (χ1) is 6.79. The molecule has 14 heavy (non-hydrogen) atoms. The smallest absolute Gasteiger partial charge is 0.152 e. The topological polar surface area (TPSA) is 49.3 Å². The minimum absolute atomic E-state index is 0.349. The zero-order valence-corrected chi connectivity index (χ0v) is 8.80. The molecule has 0 aliphatic rings. The van der Waals surface area contributed by atoms with Gasteiger partial charge in [-0.2, -0.15) is 0 Å². The number of nitrogens with one attached hydrogen (secondary N) is 1. The first kappa shape index (κ1) is 11.4. The molecular weight excluding hydrogens is 198 g/mol. The van der Waals surface area contributed by atoms with Crippen LogP contribution in [0.15, 0.2) is 30.3 Å². The van der Waals surface area contributed by atoms with Crippen molar-refractivity contribution in [1.29, 1.82) is 0 Å². The molecule has 1 aromatic rings. The molecule has 78 valence electrons. The molecule has 3 nitrogen and oxygen atoms in total. The molecule has 0 saturated carbocycles. The summed E-state index contributed by atoms with van der Waals surface area (Å²) in [5, 5.41) is 3.21. The Kier molecular flexibility index (Phi) is 5.44. The van der Waals surface area contributed by atoms with Crippen LogP contribution in [0, 0.1) is 0 Å². The van der Waals surface area contributed by atoms with Crippen molar-refractivity contribution in [1.82, 2.24) is 5.32 Å². The van der Waals surface area contributed by atoms with E-state index in [4.69, 9.17) is 4.55 Å². The third-order valence-electron chi connectivity index (χ3n) is 1.84. The maximum absolute atomic E-state index is 10.3. The van der Waals surface area contributed by atoms with Gasteiger partial charge in [-0.15, -0.1) is 0 Å². The average Bonchev–Trinajstić information content (AvgIpc) is 2.18. The quantitative estimate of drug-likeness (QED) is 0.554. The fourth-order valence-corrected chi connectivity index (χ4v) is 1.54. The minimum Gasteiger partial charge on any atom is -0.313 e. The maximum Gasteiger partial charge on any atom is 0.152 e. The lowest BCUT2D eigenvalue weighted by Gasteiger charge is -2.03. The summed E-state index contributed by atoms with van der Waals surface area (Å²) in [7, 11) is 0. The molecule has 0 amide bonds. The average molecular weight is 213 g/mol. The molecule has 2 N–H and O–H groups in total. The van der Waals surface area contributed by atoms with Crippen LogP contribution in [0.5, 0.6) is 0 Å². The largest absolute Gasteiger partial charge is 0.313 e. The maximum atomic E-state index is 10.3. The highest BCUT2D eigenvalue weighted by Gasteiger charge is 1.93. The van der Waals surface area contributed by atoms with Gasteiger partial charge in [-0.05, 0) is 18.5 Å². The summed E-state index contributed by atoms with van der Waals surface area (Å²) in [5.41, 5.74) is 1.23. The first-order valence-electron chi connectivity index (χ1n) is 4.61. The molecule has 0 spiro atoms. The zero-order chi connectivity index (χ0) is 10.2. The van der Waals surface area contributed by atoms with Crippen LogP contribution in [0.4, 0.5) is 0 Å². The van der Waals surface area contributed by atoms with Crippen molar-refractivity contribution in [2.75, 3.05) is 12.3 Å². The highest BCUT2D eigenvalue weighted by atomic mass is 32.2. The Balaban J connectivity index is 2.08. The van der Waals surface area contributed by atoms with E-state index in [0.717, 1.165) is 19.5 Å². The molecule has 0 aliphatic carbocycles. The Labute approximate surface area is 86.8 Å². The summed E-state index contributed by atoms with van der Waals surface area (Å²) in [5.74, 6) is 0.349. The van der Waals surface area contributed by atoms with Crippen LogP contribution in [0.2, 0.25) is 0 Å². The van der Waals surface area contributed by atoms with Gasteiger partial charge in [-0.25, -0.2) is 4.21 Å². The second-order valence-electron chi connectivity index (χ2n) is 3.04. The molecule has 4 heteroatoms. The van der Waals surface area contributed by atoms with E-state index < -0.39 is 11.1 Å². The fraction of sp³-hybridized carbons (Fsp3) is 0.400. The van der Waals surface area contributed by atoms with Crippen LogP contribution >= 0.6 is 0 Å². The van der Waals surface area contributed by atoms with Crippen molar-refractivity contribution >= 4 is 11.1 Å². The monoisotopic (exact) mass is 213 g/mol. The van der Waals surface area contributed by atoms with Gasteiger partial charge in [-0.3, -0.25) is 0 Å². The zero-order valence-electron chi connectivity index (χ0n) is 7.98. The summed E-state index contributed by atoms with van der Waals surface area (Å²) in [6, 6.07) is 10.1. The number of hydrogen-bond donors (Lipinski definition) is 2. The van der Waals surface area contributed by atoms with Crippen molar-refractivity contribution in [3.05, 3.63) is 35.9 Å². The Bertz CT molecular complexity index is 277. The Morgan fingerprint density at radius 1 is 1.29 bits per heavy atom. The van der Waals surface area contributed by atoms with Crippen molar-refractivity contribution < 1.29 is 8.76 Å². The van der Waals surface area contributed by atoms with E-state index >= 15 is 0 Å². The summed E-state index contributed by atoms with van der Waals surface area (Å²) in [6.07, 6.45) is 0.732. The van der Waals surface area contributed by atoms with Gasteiger partial charge in [0.05, 0.1) is 5.75 Å². The Morgan fingerprint density at radius 2 is 2.00 bits per heavy atom. The van der Waals surface area contributed by atoms with Gasteiger partial charge in [0.1, 0.15) is 0 Å². The van der Waals surface area contributed by atoms with Crippen molar-refractivity contribution in [2.45, 2.75) is 13.0 Å². The third-order valence-corrected chi connectivity index (χ3v) is 2.48. The normalized spacial score (nSPS) is 12.6.